The Labute approximate surface area is 88.6 Å². The molecule has 14 heavy (non-hydrogen) atoms. The van der Waals surface area contributed by atoms with E-state index in [1.54, 1.807) is 6.20 Å². The number of rotatable bonds is 3. The number of thiol groups is 1. The molecule has 0 spiro atoms. The first-order valence-corrected chi connectivity index (χ1v) is 5.06. The number of hydrogen-bond acceptors (Lipinski definition) is 4. The SMILES string of the molecule is CC(C)Nc1ncc(C(C)S)c(=O)[nH]1. The second-order valence-corrected chi connectivity index (χ2v) is 4.27. The zero-order valence-electron chi connectivity index (χ0n) is 8.53. The number of aromatic amines is 1. The molecule has 0 aromatic carbocycles. The van der Waals surface area contributed by atoms with Gasteiger partial charge in [0.25, 0.3) is 5.56 Å². The van der Waals surface area contributed by atoms with E-state index in [0.717, 1.165) is 0 Å². The van der Waals surface area contributed by atoms with Gasteiger partial charge in [-0.1, -0.05) is 0 Å². The molecule has 4 nitrogen and oxygen atoms in total. The minimum atomic E-state index is -0.134. The Morgan fingerprint density at radius 1 is 1.50 bits per heavy atom. The van der Waals surface area contributed by atoms with Crippen molar-refractivity contribution in [2.45, 2.75) is 32.1 Å². The summed E-state index contributed by atoms with van der Waals surface area (Å²) < 4.78 is 0. The van der Waals surface area contributed by atoms with E-state index in [2.05, 4.69) is 27.9 Å². The molecule has 0 amide bonds. The lowest BCUT2D eigenvalue weighted by Gasteiger charge is -2.09. The van der Waals surface area contributed by atoms with E-state index in [4.69, 9.17) is 0 Å². The minimum Gasteiger partial charge on any atom is -0.354 e. The highest BCUT2D eigenvalue weighted by molar-refractivity contribution is 7.80. The predicted octanol–water partition coefficient (Wildman–Crippen LogP) is 1.58. The molecule has 0 aliphatic heterocycles. The highest BCUT2D eigenvalue weighted by atomic mass is 32.1. The zero-order valence-corrected chi connectivity index (χ0v) is 9.43. The Balaban J connectivity index is 2.95. The van der Waals surface area contributed by atoms with Crippen LogP contribution < -0.4 is 10.9 Å². The van der Waals surface area contributed by atoms with E-state index in [1.165, 1.54) is 0 Å². The van der Waals surface area contributed by atoms with Gasteiger partial charge in [-0.05, 0) is 20.8 Å². The Kier molecular flexibility index (Phi) is 3.57. The molecule has 1 aromatic rings. The topological polar surface area (TPSA) is 57.8 Å². The molecular weight excluding hydrogens is 198 g/mol. The second kappa shape index (κ2) is 4.50. The van der Waals surface area contributed by atoms with Gasteiger partial charge >= 0.3 is 0 Å². The van der Waals surface area contributed by atoms with Crippen LogP contribution in [0.5, 0.6) is 0 Å². The minimum absolute atomic E-state index is 0.0978. The summed E-state index contributed by atoms with van der Waals surface area (Å²) in [7, 11) is 0. The van der Waals surface area contributed by atoms with Crippen molar-refractivity contribution in [1.82, 2.24) is 9.97 Å². The van der Waals surface area contributed by atoms with Crippen LogP contribution in [0.1, 0.15) is 31.6 Å². The number of nitrogens with one attached hydrogen (secondary N) is 2. The van der Waals surface area contributed by atoms with Gasteiger partial charge in [-0.3, -0.25) is 9.78 Å². The maximum Gasteiger partial charge on any atom is 0.256 e. The molecule has 0 aliphatic carbocycles. The van der Waals surface area contributed by atoms with Crippen LogP contribution in [0.25, 0.3) is 0 Å². The van der Waals surface area contributed by atoms with Gasteiger partial charge in [0.2, 0.25) is 5.95 Å². The Morgan fingerprint density at radius 3 is 2.57 bits per heavy atom. The number of anilines is 1. The van der Waals surface area contributed by atoms with Crippen LogP contribution in [0.4, 0.5) is 5.95 Å². The van der Waals surface area contributed by atoms with Crippen molar-refractivity contribution in [3.63, 3.8) is 0 Å². The van der Waals surface area contributed by atoms with Gasteiger partial charge in [0.15, 0.2) is 0 Å². The van der Waals surface area contributed by atoms with Crippen LogP contribution in [-0.4, -0.2) is 16.0 Å². The van der Waals surface area contributed by atoms with Crippen molar-refractivity contribution in [3.05, 3.63) is 22.1 Å². The van der Waals surface area contributed by atoms with Crippen molar-refractivity contribution in [3.8, 4) is 0 Å². The Bertz CT molecular complexity index is 359. The predicted molar refractivity (Wildman–Crippen MR) is 61.0 cm³/mol. The first-order chi connectivity index (χ1) is 6.50. The molecule has 1 atom stereocenters. The average molecular weight is 213 g/mol. The molecule has 0 aliphatic rings. The average Bonchev–Trinajstić information content (AvgIpc) is 2.01. The van der Waals surface area contributed by atoms with Gasteiger partial charge in [-0.15, -0.1) is 0 Å². The van der Waals surface area contributed by atoms with E-state index in [-0.39, 0.29) is 16.9 Å². The van der Waals surface area contributed by atoms with E-state index in [9.17, 15) is 4.79 Å². The van der Waals surface area contributed by atoms with Crippen LogP contribution in [0, 0.1) is 0 Å². The summed E-state index contributed by atoms with van der Waals surface area (Å²) >= 11 is 4.18. The van der Waals surface area contributed by atoms with E-state index < -0.39 is 0 Å². The highest BCUT2D eigenvalue weighted by Crippen LogP contribution is 2.13. The molecule has 1 rings (SSSR count). The summed E-state index contributed by atoms with van der Waals surface area (Å²) in [4.78, 5) is 18.2. The first kappa shape index (κ1) is 11.1. The first-order valence-electron chi connectivity index (χ1n) is 4.54. The smallest absolute Gasteiger partial charge is 0.256 e. The molecule has 1 aromatic heterocycles. The third-order valence-corrected chi connectivity index (χ3v) is 1.98. The fourth-order valence-corrected chi connectivity index (χ4v) is 1.23. The monoisotopic (exact) mass is 213 g/mol. The molecule has 78 valence electrons. The zero-order chi connectivity index (χ0) is 10.7. The van der Waals surface area contributed by atoms with E-state index in [0.29, 0.717) is 11.5 Å². The molecule has 2 N–H and O–H groups in total. The van der Waals surface area contributed by atoms with Gasteiger partial charge in [0.1, 0.15) is 0 Å². The molecule has 0 radical (unpaired) electrons. The quantitative estimate of drug-likeness (QED) is 0.668. The van der Waals surface area contributed by atoms with Crippen LogP contribution in [0.2, 0.25) is 0 Å². The number of nitrogens with zero attached hydrogens (tertiary/aromatic N) is 1. The van der Waals surface area contributed by atoms with Gasteiger partial charge in [-0.2, -0.15) is 12.6 Å². The number of aromatic nitrogens is 2. The molecule has 1 heterocycles. The van der Waals surface area contributed by atoms with Crippen LogP contribution in [-0.2, 0) is 0 Å². The van der Waals surface area contributed by atoms with Gasteiger partial charge in [0.05, 0.1) is 0 Å². The molecule has 0 saturated heterocycles. The van der Waals surface area contributed by atoms with Gasteiger partial charge in [0, 0.05) is 23.1 Å². The molecule has 0 fully saturated rings. The lowest BCUT2D eigenvalue weighted by Crippen LogP contribution is -2.20. The largest absolute Gasteiger partial charge is 0.354 e. The summed E-state index contributed by atoms with van der Waals surface area (Å²) in [5.74, 6) is 0.503. The fraction of sp³-hybridized carbons (Fsp3) is 0.556. The van der Waals surface area contributed by atoms with Crippen molar-refractivity contribution in [2.24, 2.45) is 0 Å². The standard InChI is InChI=1S/C9H15N3OS/c1-5(2)11-9-10-4-7(6(3)14)8(13)12-9/h4-6,14H,1-3H3,(H2,10,11,12,13). The third-order valence-electron chi connectivity index (χ3n) is 1.70. The third kappa shape index (κ3) is 2.77. The molecule has 0 saturated carbocycles. The lowest BCUT2D eigenvalue weighted by molar-refractivity contribution is 0.864. The highest BCUT2D eigenvalue weighted by Gasteiger charge is 2.07. The Morgan fingerprint density at radius 2 is 2.14 bits per heavy atom. The van der Waals surface area contributed by atoms with Gasteiger partial charge in [-0.25, -0.2) is 4.98 Å². The number of hydrogen-bond donors (Lipinski definition) is 3. The summed E-state index contributed by atoms with van der Waals surface area (Å²) in [5, 5.41) is 2.92. The summed E-state index contributed by atoms with van der Waals surface area (Å²) in [6, 6.07) is 0.248. The van der Waals surface area contributed by atoms with Crippen molar-refractivity contribution in [2.75, 3.05) is 5.32 Å². The second-order valence-electron chi connectivity index (χ2n) is 3.49. The van der Waals surface area contributed by atoms with Gasteiger partial charge < -0.3 is 5.32 Å². The lowest BCUT2D eigenvalue weighted by atomic mass is 10.2. The molecule has 0 bridgehead atoms. The maximum absolute atomic E-state index is 11.5. The van der Waals surface area contributed by atoms with Crippen molar-refractivity contribution < 1.29 is 0 Å². The number of H-pyrrole nitrogens is 1. The maximum atomic E-state index is 11.5. The molecular formula is C9H15N3OS. The summed E-state index contributed by atoms with van der Waals surface area (Å²) in [6.45, 7) is 5.80. The summed E-state index contributed by atoms with van der Waals surface area (Å²) in [6.07, 6.45) is 1.56. The van der Waals surface area contributed by atoms with Crippen LogP contribution >= 0.6 is 12.6 Å². The fourth-order valence-electron chi connectivity index (χ4n) is 1.05. The van der Waals surface area contributed by atoms with Crippen LogP contribution in [0.15, 0.2) is 11.0 Å². The van der Waals surface area contributed by atoms with E-state index in [1.807, 2.05) is 20.8 Å². The van der Waals surface area contributed by atoms with E-state index >= 15 is 0 Å². The summed E-state index contributed by atoms with van der Waals surface area (Å²) in [5.41, 5.74) is 0.452. The van der Waals surface area contributed by atoms with Crippen molar-refractivity contribution in [1.29, 1.82) is 0 Å². The molecule has 5 heteroatoms. The normalized spacial score (nSPS) is 12.9. The van der Waals surface area contributed by atoms with Crippen molar-refractivity contribution >= 4 is 18.6 Å². The molecule has 1 unspecified atom stereocenters. The van der Waals surface area contributed by atoms with Crippen LogP contribution in [0.3, 0.4) is 0 Å². The Hall–Kier alpha value is -0.970.